The standard InChI is InChI=1S/C8H8NO4/c1-12-7-5-3-4-6(9(10)11)8(7)13-2/h3-4H,1-2H3. The van der Waals surface area contributed by atoms with Crippen molar-refractivity contribution >= 4 is 5.69 Å². The van der Waals surface area contributed by atoms with Crippen molar-refractivity contribution in [3.05, 3.63) is 28.3 Å². The largest absolute Gasteiger partial charge is 0.492 e. The zero-order valence-corrected chi connectivity index (χ0v) is 7.23. The SMILES string of the molecule is COc1[c]ccc([N+](=O)[O-])c1OC. The van der Waals surface area contributed by atoms with Gasteiger partial charge in [-0.25, -0.2) is 0 Å². The van der Waals surface area contributed by atoms with Crippen LogP contribution in [0.3, 0.4) is 0 Å². The van der Waals surface area contributed by atoms with E-state index in [1.807, 2.05) is 0 Å². The molecule has 13 heavy (non-hydrogen) atoms. The summed E-state index contributed by atoms with van der Waals surface area (Å²) < 4.78 is 9.67. The minimum absolute atomic E-state index is 0.0926. The minimum Gasteiger partial charge on any atom is -0.492 e. The first kappa shape index (κ1) is 9.31. The summed E-state index contributed by atoms with van der Waals surface area (Å²) >= 11 is 0. The lowest BCUT2D eigenvalue weighted by molar-refractivity contribution is -0.385. The Morgan fingerprint density at radius 3 is 2.62 bits per heavy atom. The molecule has 0 unspecified atom stereocenters. The van der Waals surface area contributed by atoms with Gasteiger partial charge in [-0.05, 0) is 6.07 Å². The van der Waals surface area contributed by atoms with Gasteiger partial charge in [0.1, 0.15) is 0 Å². The molecule has 0 N–H and O–H groups in total. The molecule has 0 aromatic heterocycles. The molecule has 1 rings (SSSR count). The number of nitrogens with zero attached hydrogens (tertiary/aromatic N) is 1. The van der Waals surface area contributed by atoms with E-state index in [-0.39, 0.29) is 17.2 Å². The molecule has 0 amide bonds. The number of methoxy groups -OCH3 is 2. The van der Waals surface area contributed by atoms with Gasteiger partial charge in [0, 0.05) is 12.1 Å². The van der Waals surface area contributed by atoms with Crippen molar-refractivity contribution in [2.75, 3.05) is 14.2 Å². The van der Waals surface area contributed by atoms with Gasteiger partial charge < -0.3 is 9.47 Å². The molecular formula is C8H8NO4. The van der Waals surface area contributed by atoms with Gasteiger partial charge in [-0.2, -0.15) is 0 Å². The highest BCUT2D eigenvalue weighted by Gasteiger charge is 2.18. The molecule has 0 aliphatic rings. The molecule has 5 nitrogen and oxygen atoms in total. The molecule has 0 atom stereocenters. The van der Waals surface area contributed by atoms with E-state index in [0.717, 1.165) is 0 Å². The van der Waals surface area contributed by atoms with Crippen LogP contribution in [-0.4, -0.2) is 19.1 Å². The second-order valence-electron chi connectivity index (χ2n) is 2.19. The van der Waals surface area contributed by atoms with Gasteiger partial charge in [-0.1, -0.05) is 0 Å². The van der Waals surface area contributed by atoms with Gasteiger partial charge in [0.15, 0.2) is 5.75 Å². The molecule has 0 spiro atoms. The Bertz CT molecular complexity index is 324. The maximum atomic E-state index is 10.5. The van der Waals surface area contributed by atoms with E-state index >= 15 is 0 Å². The van der Waals surface area contributed by atoms with Gasteiger partial charge in [0.25, 0.3) is 0 Å². The average Bonchev–Trinajstić information content (AvgIpc) is 2.16. The third-order valence-corrected chi connectivity index (χ3v) is 1.50. The van der Waals surface area contributed by atoms with Crippen LogP contribution < -0.4 is 9.47 Å². The van der Waals surface area contributed by atoms with E-state index < -0.39 is 4.92 Å². The van der Waals surface area contributed by atoms with E-state index in [4.69, 9.17) is 9.47 Å². The van der Waals surface area contributed by atoms with Crippen molar-refractivity contribution in [1.82, 2.24) is 0 Å². The second-order valence-corrected chi connectivity index (χ2v) is 2.19. The summed E-state index contributed by atoms with van der Waals surface area (Å²) in [6.07, 6.45) is 0. The van der Waals surface area contributed by atoms with Crippen LogP contribution in [0.2, 0.25) is 0 Å². The van der Waals surface area contributed by atoms with Crippen LogP contribution in [0.15, 0.2) is 12.1 Å². The topological polar surface area (TPSA) is 61.6 Å². The number of nitro benzene ring substituents is 1. The van der Waals surface area contributed by atoms with E-state index in [0.29, 0.717) is 0 Å². The Morgan fingerprint density at radius 2 is 2.15 bits per heavy atom. The number of hydrogen-bond acceptors (Lipinski definition) is 4. The summed E-state index contributed by atoms with van der Waals surface area (Å²) in [6, 6.07) is 5.40. The number of ether oxygens (including phenoxy) is 2. The summed E-state index contributed by atoms with van der Waals surface area (Å²) in [5.74, 6) is 0.326. The average molecular weight is 182 g/mol. The molecule has 5 heteroatoms. The predicted octanol–water partition coefficient (Wildman–Crippen LogP) is 1.41. The highest BCUT2D eigenvalue weighted by molar-refractivity contribution is 5.54. The van der Waals surface area contributed by atoms with Crippen LogP contribution >= 0.6 is 0 Å². The predicted molar refractivity (Wildman–Crippen MR) is 45.0 cm³/mol. The third kappa shape index (κ3) is 1.69. The number of rotatable bonds is 3. The minimum atomic E-state index is -0.533. The molecule has 0 saturated heterocycles. The van der Waals surface area contributed by atoms with E-state index in [1.54, 1.807) is 0 Å². The van der Waals surface area contributed by atoms with Gasteiger partial charge in [0.2, 0.25) is 5.75 Å². The third-order valence-electron chi connectivity index (χ3n) is 1.50. The van der Waals surface area contributed by atoms with Crippen molar-refractivity contribution in [2.45, 2.75) is 0 Å². The van der Waals surface area contributed by atoms with Gasteiger partial charge in [-0.3, -0.25) is 10.1 Å². The quantitative estimate of drug-likeness (QED) is 0.523. The first-order chi connectivity index (χ1) is 6.20. The van der Waals surface area contributed by atoms with Crippen molar-refractivity contribution in [1.29, 1.82) is 0 Å². The fourth-order valence-electron chi connectivity index (χ4n) is 0.947. The van der Waals surface area contributed by atoms with Gasteiger partial charge in [0.05, 0.1) is 19.1 Å². The van der Waals surface area contributed by atoms with Crippen molar-refractivity contribution < 1.29 is 14.4 Å². The zero-order chi connectivity index (χ0) is 9.84. The fraction of sp³-hybridized carbons (Fsp3) is 0.250. The van der Waals surface area contributed by atoms with E-state index in [9.17, 15) is 10.1 Å². The molecule has 69 valence electrons. The molecule has 0 aliphatic heterocycles. The van der Waals surface area contributed by atoms with Crippen LogP contribution in [0.4, 0.5) is 5.69 Å². The van der Waals surface area contributed by atoms with E-state index in [1.165, 1.54) is 26.4 Å². The summed E-state index contributed by atoms with van der Waals surface area (Å²) in [7, 11) is 2.75. The molecule has 1 radical (unpaired) electrons. The van der Waals surface area contributed by atoms with Crippen molar-refractivity contribution in [3.8, 4) is 11.5 Å². The first-order valence-electron chi connectivity index (χ1n) is 3.47. The molecule has 0 aliphatic carbocycles. The molecule has 0 bridgehead atoms. The molecule has 0 heterocycles. The Kier molecular flexibility index (Phi) is 2.69. The molecular weight excluding hydrogens is 174 g/mol. The smallest absolute Gasteiger partial charge is 0.314 e. The first-order valence-corrected chi connectivity index (χ1v) is 3.47. The van der Waals surface area contributed by atoms with Crippen LogP contribution in [-0.2, 0) is 0 Å². The van der Waals surface area contributed by atoms with Crippen molar-refractivity contribution in [2.24, 2.45) is 0 Å². The second kappa shape index (κ2) is 3.75. The van der Waals surface area contributed by atoms with Crippen LogP contribution in [0.1, 0.15) is 0 Å². The maximum absolute atomic E-state index is 10.5. The van der Waals surface area contributed by atoms with E-state index in [2.05, 4.69) is 6.07 Å². The monoisotopic (exact) mass is 182 g/mol. The normalized spacial score (nSPS) is 9.38. The Morgan fingerprint density at radius 1 is 1.46 bits per heavy atom. The maximum Gasteiger partial charge on any atom is 0.314 e. The Hall–Kier alpha value is -1.78. The lowest BCUT2D eigenvalue weighted by Crippen LogP contribution is -1.96. The Labute approximate surface area is 75.0 Å². The van der Waals surface area contributed by atoms with Gasteiger partial charge >= 0.3 is 5.69 Å². The molecule has 0 saturated carbocycles. The number of benzene rings is 1. The summed E-state index contributed by atoms with van der Waals surface area (Å²) in [6.45, 7) is 0. The van der Waals surface area contributed by atoms with Crippen LogP contribution in [0.5, 0.6) is 11.5 Å². The number of hydrogen-bond donors (Lipinski definition) is 0. The number of nitro groups is 1. The lowest BCUT2D eigenvalue weighted by atomic mass is 10.3. The molecule has 1 aromatic carbocycles. The summed E-state index contributed by atoms with van der Waals surface area (Å²) in [5, 5.41) is 10.5. The zero-order valence-electron chi connectivity index (χ0n) is 7.23. The lowest BCUT2D eigenvalue weighted by Gasteiger charge is -2.05. The highest BCUT2D eigenvalue weighted by atomic mass is 16.6. The van der Waals surface area contributed by atoms with Crippen LogP contribution in [0, 0.1) is 16.2 Å². The summed E-state index contributed by atoms with van der Waals surface area (Å²) in [4.78, 5) is 9.97. The van der Waals surface area contributed by atoms with Crippen molar-refractivity contribution in [3.63, 3.8) is 0 Å². The molecule has 1 aromatic rings. The molecule has 0 fully saturated rings. The Balaban J connectivity index is 3.27. The van der Waals surface area contributed by atoms with Crippen LogP contribution in [0.25, 0.3) is 0 Å². The fourth-order valence-corrected chi connectivity index (χ4v) is 0.947. The van der Waals surface area contributed by atoms with Gasteiger partial charge in [-0.15, -0.1) is 0 Å². The highest BCUT2D eigenvalue weighted by Crippen LogP contribution is 2.35. The summed E-state index contributed by atoms with van der Waals surface area (Å²) in [5.41, 5.74) is -0.127.